The van der Waals surface area contributed by atoms with Crippen LogP contribution < -0.4 is 20.3 Å². The van der Waals surface area contributed by atoms with Gasteiger partial charge in [-0.1, -0.05) is 18.2 Å². The fourth-order valence-electron chi connectivity index (χ4n) is 4.68. The lowest BCUT2D eigenvalue weighted by atomic mass is 10.1. The quantitative estimate of drug-likeness (QED) is 0.273. The van der Waals surface area contributed by atoms with Gasteiger partial charge in [0, 0.05) is 37.9 Å². The summed E-state index contributed by atoms with van der Waals surface area (Å²) >= 11 is 6.58. The van der Waals surface area contributed by atoms with Gasteiger partial charge in [0.15, 0.2) is 5.82 Å². The second kappa shape index (κ2) is 10.8. The second-order valence-electron chi connectivity index (χ2n) is 9.48. The minimum absolute atomic E-state index is 0.109. The summed E-state index contributed by atoms with van der Waals surface area (Å²) in [6, 6.07) is 11.3. The van der Waals surface area contributed by atoms with Crippen molar-refractivity contribution in [1.82, 2.24) is 34.8 Å². The summed E-state index contributed by atoms with van der Waals surface area (Å²) in [4.78, 5) is 36.1. The second-order valence-corrected chi connectivity index (χ2v) is 9.89. The Labute approximate surface area is 234 Å². The number of fused-ring (bicyclic) bond motifs is 2. The number of halogens is 1. The van der Waals surface area contributed by atoms with Gasteiger partial charge in [-0.25, -0.2) is 24.9 Å². The molecule has 1 amide bonds. The van der Waals surface area contributed by atoms with Gasteiger partial charge in [0.25, 0.3) is 0 Å². The van der Waals surface area contributed by atoms with E-state index in [1.54, 1.807) is 24.7 Å². The predicted octanol–water partition coefficient (Wildman–Crippen LogP) is 4.77. The Kier molecular flexibility index (Phi) is 6.87. The Bertz CT molecular complexity index is 1730. The highest BCUT2D eigenvalue weighted by molar-refractivity contribution is 6.32. The van der Waals surface area contributed by atoms with Crippen molar-refractivity contribution in [2.24, 2.45) is 7.05 Å². The van der Waals surface area contributed by atoms with Crippen molar-refractivity contribution in [3.63, 3.8) is 0 Å². The molecule has 0 bridgehead atoms. The minimum atomic E-state index is -0.154. The maximum atomic E-state index is 11.6. The van der Waals surface area contributed by atoms with Crippen LogP contribution in [-0.4, -0.2) is 54.5 Å². The average Bonchev–Trinajstić information content (AvgIpc) is 3.34. The van der Waals surface area contributed by atoms with Crippen molar-refractivity contribution in [2.45, 2.75) is 18.9 Å². The molecule has 3 aromatic heterocycles. The van der Waals surface area contributed by atoms with Crippen molar-refractivity contribution in [2.75, 3.05) is 23.3 Å². The summed E-state index contributed by atoms with van der Waals surface area (Å²) in [7, 11) is 1.95. The SMILES string of the molecule is C=CC(=O)NC1CCN(c2ncc3ncnc(Nc4ccc(Oc5ccc6c(c5)ncn6C)c(Cl)c4)c3n2)CC1. The van der Waals surface area contributed by atoms with E-state index in [0.29, 0.717) is 52.4 Å². The lowest BCUT2D eigenvalue weighted by Gasteiger charge is -2.32. The third-order valence-electron chi connectivity index (χ3n) is 6.79. The van der Waals surface area contributed by atoms with Gasteiger partial charge in [-0.05, 0) is 49.2 Å². The summed E-state index contributed by atoms with van der Waals surface area (Å²) < 4.78 is 7.98. The van der Waals surface area contributed by atoms with E-state index in [1.807, 2.05) is 35.9 Å². The number of hydrogen-bond donors (Lipinski definition) is 2. The molecule has 0 aliphatic carbocycles. The summed E-state index contributed by atoms with van der Waals surface area (Å²) in [5.41, 5.74) is 3.79. The lowest BCUT2D eigenvalue weighted by Crippen LogP contribution is -2.44. The van der Waals surface area contributed by atoms with E-state index in [4.69, 9.17) is 21.3 Å². The van der Waals surface area contributed by atoms with Crippen LogP contribution in [0.15, 0.2) is 67.9 Å². The number of carbonyl (C=O) groups excluding carboxylic acids is 1. The number of aromatic nitrogens is 6. The molecule has 4 heterocycles. The van der Waals surface area contributed by atoms with E-state index in [-0.39, 0.29) is 11.9 Å². The number of amides is 1. The van der Waals surface area contributed by atoms with E-state index in [0.717, 1.165) is 29.6 Å². The number of anilines is 3. The fraction of sp³-hybridized carbons (Fsp3) is 0.214. The number of ether oxygens (including phenoxy) is 1. The zero-order valence-corrected chi connectivity index (χ0v) is 22.5. The van der Waals surface area contributed by atoms with Crippen LogP contribution in [0, 0.1) is 0 Å². The molecule has 1 saturated heterocycles. The van der Waals surface area contributed by atoms with Crippen LogP contribution >= 0.6 is 11.6 Å². The summed E-state index contributed by atoms with van der Waals surface area (Å²) in [5.74, 6) is 2.14. The van der Waals surface area contributed by atoms with E-state index < -0.39 is 0 Å². The number of nitrogens with one attached hydrogen (secondary N) is 2. The van der Waals surface area contributed by atoms with Crippen LogP contribution in [0.1, 0.15) is 12.8 Å². The van der Waals surface area contributed by atoms with Crippen molar-refractivity contribution >= 4 is 57.0 Å². The Hall–Kier alpha value is -4.77. The Balaban J connectivity index is 1.18. The number of hydrogen-bond acceptors (Lipinski definition) is 9. The average molecular weight is 556 g/mol. The molecule has 2 N–H and O–H groups in total. The third-order valence-corrected chi connectivity index (χ3v) is 7.09. The molecule has 2 aromatic carbocycles. The predicted molar refractivity (Wildman–Crippen MR) is 154 cm³/mol. The van der Waals surface area contributed by atoms with Gasteiger partial charge in [-0.2, -0.15) is 0 Å². The molecular formula is C28H26ClN9O2. The molecule has 0 unspecified atom stereocenters. The van der Waals surface area contributed by atoms with E-state index in [1.165, 1.54) is 12.4 Å². The van der Waals surface area contributed by atoms with Crippen LogP contribution in [0.25, 0.3) is 22.1 Å². The molecule has 202 valence electrons. The van der Waals surface area contributed by atoms with Crippen molar-refractivity contribution in [3.8, 4) is 11.5 Å². The van der Waals surface area contributed by atoms with Crippen LogP contribution in [0.3, 0.4) is 0 Å². The maximum absolute atomic E-state index is 11.6. The van der Waals surface area contributed by atoms with Crippen molar-refractivity contribution in [3.05, 3.63) is 72.9 Å². The van der Waals surface area contributed by atoms with Crippen LogP contribution in [0.5, 0.6) is 11.5 Å². The van der Waals surface area contributed by atoms with Crippen molar-refractivity contribution in [1.29, 1.82) is 0 Å². The molecule has 12 heteroatoms. The zero-order chi connectivity index (χ0) is 27.6. The molecule has 0 spiro atoms. The molecular weight excluding hydrogens is 530 g/mol. The van der Waals surface area contributed by atoms with Crippen molar-refractivity contribution < 1.29 is 9.53 Å². The molecule has 1 aliphatic heterocycles. The number of nitrogens with zero attached hydrogens (tertiary/aromatic N) is 7. The van der Waals surface area contributed by atoms with Gasteiger partial charge in [-0.3, -0.25) is 4.79 Å². The highest BCUT2D eigenvalue weighted by atomic mass is 35.5. The van der Waals surface area contributed by atoms with Gasteiger partial charge < -0.3 is 24.8 Å². The summed E-state index contributed by atoms with van der Waals surface area (Å²) in [5, 5.41) is 6.70. The fourth-order valence-corrected chi connectivity index (χ4v) is 4.90. The number of imidazole rings is 1. The van der Waals surface area contributed by atoms with Gasteiger partial charge in [0.1, 0.15) is 28.9 Å². The number of carbonyl (C=O) groups is 1. The zero-order valence-electron chi connectivity index (χ0n) is 21.7. The molecule has 11 nitrogen and oxygen atoms in total. The standard InChI is InChI=1S/C28H26ClN9O2/c1-3-25(39)34-17-8-10-38(11-9-17)28-30-14-22-26(36-28)27(32-15-31-22)35-18-4-7-24(20(29)12-18)40-19-5-6-23-21(13-19)33-16-37(23)2/h3-7,12-17H,1,8-11H2,2H3,(H,34,39)(H,31,32,35). The molecule has 0 saturated carbocycles. The molecule has 40 heavy (non-hydrogen) atoms. The molecule has 6 rings (SSSR count). The van der Waals surface area contributed by atoms with Crippen LogP contribution in [0.2, 0.25) is 5.02 Å². The van der Waals surface area contributed by atoms with Crippen LogP contribution in [0.4, 0.5) is 17.5 Å². The number of aryl methyl sites for hydroxylation is 1. The minimum Gasteiger partial charge on any atom is -0.456 e. The Morgan fingerprint density at radius 1 is 1.10 bits per heavy atom. The third kappa shape index (κ3) is 5.23. The van der Waals surface area contributed by atoms with Gasteiger partial charge in [0.05, 0.1) is 28.6 Å². The number of rotatable bonds is 7. The van der Waals surface area contributed by atoms with E-state index >= 15 is 0 Å². The molecule has 5 aromatic rings. The smallest absolute Gasteiger partial charge is 0.243 e. The van der Waals surface area contributed by atoms with E-state index in [9.17, 15) is 4.79 Å². The largest absolute Gasteiger partial charge is 0.456 e. The first-order valence-electron chi connectivity index (χ1n) is 12.8. The topological polar surface area (TPSA) is 123 Å². The molecule has 0 radical (unpaired) electrons. The molecule has 1 aliphatic rings. The summed E-state index contributed by atoms with van der Waals surface area (Å²) in [6.45, 7) is 4.95. The number of piperidine rings is 1. The Morgan fingerprint density at radius 2 is 1.95 bits per heavy atom. The molecule has 1 fully saturated rings. The normalized spacial score (nSPS) is 13.9. The van der Waals surface area contributed by atoms with E-state index in [2.05, 4.69) is 42.0 Å². The lowest BCUT2D eigenvalue weighted by molar-refractivity contribution is -0.117. The summed E-state index contributed by atoms with van der Waals surface area (Å²) in [6.07, 6.45) is 7.80. The van der Waals surface area contributed by atoms with Gasteiger partial charge >= 0.3 is 0 Å². The van der Waals surface area contributed by atoms with Gasteiger partial charge in [-0.15, -0.1) is 0 Å². The first kappa shape index (κ1) is 25.5. The first-order valence-corrected chi connectivity index (χ1v) is 13.2. The highest BCUT2D eigenvalue weighted by Crippen LogP contribution is 2.34. The van der Waals surface area contributed by atoms with Gasteiger partial charge in [0.2, 0.25) is 11.9 Å². The number of benzene rings is 2. The monoisotopic (exact) mass is 555 g/mol. The first-order chi connectivity index (χ1) is 19.5. The highest BCUT2D eigenvalue weighted by Gasteiger charge is 2.22. The van der Waals surface area contributed by atoms with Crippen LogP contribution in [-0.2, 0) is 11.8 Å². The molecule has 0 atom stereocenters. The maximum Gasteiger partial charge on any atom is 0.243 e. The Morgan fingerprint density at radius 3 is 2.75 bits per heavy atom.